The van der Waals surface area contributed by atoms with Gasteiger partial charge in [-0.05, 0) is 32.0 Å². The van der Waals surface area contributed by atoms with Gasteiger partial charge in [-0.25, -0.2) is 9.67 Å². The predicted molar refractivity (Wildman–Crippen MR) is 108 cm³/mol. The molecule has 0 saturated carbocycles. The summed E-state index contributed by atoms with van der Waals surface area (Å²) >= 11 is 0. The molecule has 6 heteroatoms. The Balaban J connectivity index is 1.83. The van der Waals surface area contributed by atoms with Crippen LogP contribution in [0, 0.1) is 0 Å². The standard InChI is InChI=1S/C22H22N4O2/c1-15(2)26-21-19(13-23-26)18(12-20(24-21)16-8-5-4-6-9-16)22(27)25(3)14-17-10-7-11-28-17/h4-13,15H,14H2,1-3H3. The van der Waals surface area contributed by atoms with Gasteiger partial charge in [-0.3, -0.25) is 4.79 Å². The summed E-state index contributed by atoms with van der Waals surface area (Å²) in [6, 6.07) is 15.5. The van der Waals surface area contributed by atoms with E-state index in [-0.39, 0.29) is 11.9 Å². The van der Waals surface area contributed by atoms with E-state index in [2.05, 4.69) is 5.10 Å². The summed E-state index contributed by atoms with van der Waals surface area (Å²) in [5, 5.41) is 5.23. The number of carbonyl (C=O) groups is 1. The van der Waals surface area contributed by atoms with Crippen LogP contribution in [0.4, 0.5) is 0 Å². The van der Waals surface area contributed by atoms with Gasteiger partial charge < -0.3 is 9.32 Å². The lowest BCUT2D eigenvalue weighted by Gasteiger charge is -2.17. The Morgan fingerprint density at radius 3 is 2.64 bits per heavy atom. The summed E-state index contributed by atoms with van der Waals surface area (Å²) in [7, 11) is 1.77. The van der Waals surface area contributed by atoms with Gasteiger partial charge in [0.1, 0.15) is 5.76 Å². The van der Waals surface area contributed by atoms with Crippen molar-refractivity contribution in [3.8, 4) is 11.3 Å². The van der Waals surface area contributed by atoms with Crippen LogP contribution in [0.1, 0.15) is 36.0 Å². The molecule has 142 valence electrons. The van der Waals surface area contributed by atoms with Crippen LogP contribution in [0.2, 0.25) is 0 Å². The molecule has 3 aromatic heterocycles. The Morgan fingerprint density at radius 1 is 1.18 bits per heavy atom. The van der Waals surface area contributed by atoms with E-state index in [9.17, 15) is 4.79 Å². The van der Waals surface area contributed by atoms with Crippen molar-refractivity contribution in [1.29, 1.82) is 0 Å². The molecule has 1 aromatic carbocycles. The first-order valence-corrected chi connectivity index (χ1v) is 9.26. The lowest BCUT2D eigenvalue weighted by molar-refractivity contribution is 0.0777. The molecule has 0 N–H and O–H groups in total. The SMILES string of the molecule is CC(C)n1ncc2c(C(=O)N(C)Cc3ccco3)cc(-c3ccccc3)nc21. The molecule has 0 bridgehead atoms. The molecule has 0 fully saturated rings. The Morgan fingerprint density at radius 2 is 1.96 bits per heavy atom. The minimum atomic E-state index is -0.0933. The van der Waals surface area contributed by atoms with Crippen molar-refractivity contribution in [2.75, 3.05) is 7.05 Å². The predicted octanol–water partition coefficient (Wildman–Crippen LogP) is 4.54. The van der Waals surface area contributed by atoms with Gasteiger partial charge in [0, 0.05) is 18.7 Å². The average Bonchev–Trinajstić information content (AvgIpc) is 3.36. The van der Waals surface area contributed by atoms with Crippen molar-refractivity contribution in [1.82, 2.24) is 19.7 Å². The monoisotopic (exact) mass is 374 g/mol. The number of rotatable bonds is 5. The molecule has 1 amide bonds. The van der Waals surface area contributed by atoms with Gasteiger partial charge >= 0.3 is 0 Å². The minimum absolute atomic E-state index is 0.0933. The quantitative estimate of drug-likeness (QED) is 0.514. The zero-order chi connectivity index (χ0) is 19.7. The molecule has 3 heterocycles. The summed E-state index contributed by atoms with van der Waals surface area (Å²) in [4.78, 5) is 19.7. The van der Waals surface area contributed by atoms with Gasteiger partial charge in [-0.2, -0.15) is 5.10 Å². The lowest BCUT2D eigenvalue weighted by atomic mass is 10.1. The molecule has 0 spiro atoms. The number of fused-ring (bicyclic) bond motifs is 1. The van der Waals surface area contributed by atoms with E-state index < -0.39 is 0 Å². The highest BCUT2D eigenvalue weighted by atomic mass is 16.3. The molecule has 6 nitrogen and oxygen atoms in total. The number of hydrogen-bond donors (Lipinski definition) is 0. The maximum absolute atomic E-state index is 13.3. The number of furan rings is 1. The van der Waals surface area contributed by atoms with Gasteiger partial charge in [0.2, 0.25) is 0 Å². The summed E-state index contributed by atoms with van der Waals surface area (Å²) in [6.45, 7) is 4.50. The van der Waals surface area contributed by atoms with E-state index in [1.807, 2.05) is 67.1 Å². The molecule has 0 aliphatic rings. The first kappa shape index (κ1) is 18.0. The molecule has 0 atom stereocenters. The van der Waals surface area contributed by atoms with Gasteiger partial charge in [-0.15, -0.1) is 0 Å². The fraction of sp³-hybridized carbons (Fsp3) is 0.227. The Bertz CT molecular complexity index is 1100. The van der Waals surface area contributed by atoms with Crippen LogP contribution < -0.4 is 0 Å². The molecule has 4 rings (SSSR count). The van der Waals surface area contributed by atoms with Gasteiger partial charge in [0.05, 0.1) is 35.6 Å². The van der Waals surface area contributed by atoms with Crippen molar-refractivity contribution < 1.29 is 9.21 Å². The molecular formula is C22H22N4O2. The Kier molecular flexibility index (Phi) is 4.69. The van der Waals surface area contributed by atoms with Crippen molar-refractivity contribution in [3.05, 3.63) is 72.3 Å². The normalized spacial score (nSPS) is 11.3. The highest BCUT2D eigenvalue weighted by Gasteiger charge is 2.21. The second-order valence-electron chi connectivity index (χ2n) is 7.08. The number of benzene rings is 1. The first-order valence-electron chi connectivity index (χ1n) is 9.26. The maximum Gasteiger partial charge on any atom is 0.254 e. The van der Waals surface area contributed by atoms with Crippen molar-refractivity contribution >= 4 is 16.9 Å². The van der Waals surface area contributed by atoms with Crippen LogP contribution in [0.25, 0.3) is 22.3 Å². The first-order chi connectivity index (χ1) is 13.5. The number of hydrogen-bond acceptors (Lipinski definition) is 4. The number of pyridine rings is 1. The zero-order valence-corrected chi connectivity index (χ0v) is 16.2. The molecule has 0 aliphatic carbocycles. The van der Waals surface area contributed by atoms with Crippen molar-refractivity contribution in [3.63, 3.8) is 0 Å². The topological polar surface area (TPSA) is 64.2 Å². The van der Waals surface area contributed by atoms with E-state index in [1.165, 1.54) is 0 Å². The molecule has 28 heavy (non-hydrogen) atoms. The van der Waals surface area contributed by atoms with E-state index in [4.69, 9.17) is 9.40 Å². The van der Waals surface area contributed by atoms with E-state index >= 15 is 0 Å². The Labute approximate surface area is 163 Å². The third-order valence-electron chi connectivity index (χ3n) is 4.68. The van der Waals surface area contributed by atoms with Crippen LogP contribution in [0.3, 0.4) is 0 Å². The van der Waals surface area contributed by atoms with Crippen LogP contribution >= 0.6 is 0 Å². The highest BCUT2D eigenvalue weighted by Crippen LogP contribution is 2.27. The molecule has 4 aromatic rings. The van der Waals surface area contributed by atoms with Crippen LogP contribution in [0.5, 0.6) is 0 Å². The third-order valence-corrected chi connectivity index (χ3v) is 4.68. The smallest absolute Gasteiger partial charge is 0.254 e. The third kappa shape index (κ3) is 3.29. The second-order valence-corrected chi connectivity index (χ2v) is 7.08. The lowest BCUT2D eigenvalue weighted by Crippen LogP contribution is -2.26. The maximum atomic E-state index is 13.3. The summed E-state index contributed by atoms with van der Waals surface area (Å²) in [6.07, 6.45) is 3.34. The highest BCUT2D eigenvalue weighted by molar-refractivity contribution is 6.06. The molecule has 0 aliphatic heterocycles. The molecule has 0 unspecified atom stereocenters. The average molecular weight is 374 g/mol. The largest absolute Gasteiger partial charge is 0.467 e. The minimum Gasteiger partial charge on any atom is -0.467 e. The fourth-order valence-electron chi connectivity index (χ4n) is 3.24. The van der Waals surface area contributed by atoms with Crippen LogP contribution in [0.15, 0.2) is 65.4 Å². The zero-order valence-electron chi connectivity index (χ0n) is 16.2. The second kappa shape index (κ2) is 7.31. The van der Waals surface area contributed by atoms with Gasteiger partial charge in [-0.1, -0.05) is 30.3 Å². The van der Waals surface area contributed by atoms with Gasteiger partial charge in [0.15, 0.2) is 5.65 Å². The van der Waals surface area contributed by atoms with Crippen molar-refractivity contribution in [2.45, 2.75) is 26.4 Å². The number of aromatic nitrogens is 3. The number of carbonyl (C=O) groups excluding carboxylic acids is 1. The van der Waals surface area contributed by atoms with Crippen molar-refractivity contribution in [2.24, 2.45) is 0 Å². The molecular weight excluding hydrogens is 352 g/mol. The molecule has 0 radical (unpaired) electrons. The summed E-state index contributed by atoms with van der Waals surface area (Å²) < 4.78 is 7.24. The van der Waals surface area contributed by atoms with Crippen LogP contribution in [-0.2, 0) is 6.54 Å². The van der Waals surface area contributed by atoms with Gasteiger partial charge in [0.25, 0.3) is 5.91 Å². The number of nitrogens with zero attached hydrogens (tertiary/aromatic N) is 4. The Hall–Kier alpha value is -3.41. The fourth-order valence-corrected chi connectivity index (χ4v) is 3.24. The number of amides is 1. The van der Waals surface area contributed by atoms with Crippen LogP contribution in [-0.4, -0.2) is 32.6 Å². The molecule has 0 saturated heterocycles. The van der Waals surface area contributed by atoms with E-state index in [1.54, 1.807) is 24.4 Å². The van der Waals surface area contributed by atoms with E-state index in [0.29, 0.717) is 17.8 Å². The van der Waals surface area contributed by atoms with E-state index in [0.717, 1.165) is 22.4 Å². The summed E-state index contributed by atoms with van der Waals surface area (Å²) in [5.41, 5.74) is 3.02. The summed E-state index contributed by atoms with van der Waals surface area (Å²) in [5.74, 6) is 0.645.